The van der Waals surface area contributed by atoms with Gasteiger partial charge in [-0.3, -0.25) is 0 Å². The van der Waals surface area contributed by atoms with Gasteiger partial charge in [0, 0.05) is 6.42 Å². The smallest absolute Gasteiger partial charge is 0.109 e. The predicted octanol–water partition coefficient (Wildman–Crippen LogP) is 2.82. The van der Waals surface area contributed by atoms with Gasteiger partial charge in [-0.15, -0.1) is 0 Å². The minimum Gasteiger partial charge on any atom is -0.365 e. The summed E-state index contributed by atoms with van der Waals surface area (Å²) in [4.78, 5) is 0. The van der Waals surface area contributed by atoms with Gasteiger partial charge in [-0.25, -0.2) is 0 Å². The first-order valence-electron chi connectivity index (χ1n) is 9.40. The fourth-order valence-corrected chi connectivity index (χ4v) is 3.86. The predicted molar refractivity (Wildman–Crippen MR) is 106 cm³/mol. The van der Waals surface area contributed by atoms with E-state index in [1.54, 1.807) is 0 Å². The highest BCUT2D eigenvalue weighted by molar-refractivity contribution is 5.36. The minimum atomic E-state index is -0.0713. The van der Waals surface area contributed by atoms with Gasteiger partial charge in [0.05, 0.1) is 18.2 Å². The molecule has 0 saturated carbocycles. The van der Waals surface area contributed by atoms with E-state index in [9.17, 15) is 0 Å². The van der Waals surface area contributed by atoms with E-state index in [0.717, 1.165) is 19.3 Å². The molecule has 0 fully saturated rings. The van der Waals surface area contributed by atoms with Crippen molar-refractivity contribution in [2.45, 2.75) is 37.5 Å². The molecule has 136 valence electrons. The number of hydrogen-bond donors (Lipinski definition) is 1. The number of ether oxygens (including phenoxy) is 2. The number of hydrogen-bond acceptors (Lipinski definition) is 3. The summed E-state index contributed by atoms with van der Waals surface area (Å²) in [7, 11) is 0. The van der Waals surface area contributed by atoms with Crippen LogP contribution in [0.1, 0.15) is 28.3 Å². The largest absolute Gasteiger partial charge is 0.365 e. The first-order valence-corrected chi connectivity index (χ1v) is 9.40. The molecule has 0 unspecified atom stereocenters. The van der Waals surface area contributed by atoms with Gasteiger partial charge in [-0.1, -0.05) is 60.4 Å². The molecule has 2 atom stereocenters. The Labute approximate surface area is 160 Å². The summed E-state index contributed by atoms with van der Waals surface area (Å²) < 4.78 is 11.7. The molecular weight excluding hydrogens is 334 g/mol. The molecule has 0 heterocycles. The summed E-state index contributed by atoms with van der Waals surface area (Å²) in [6.45, 7) is 0.761. The molecule has 0 saturated heterocycles. The third-order valence-electron chi connectivity index (χ3n) is 5.25. The molecule has 2 aliphatic rings. The number of nitrogens with two attached hydrogens (primary N) is 1. The maximum atomic E-state index is 6.24. The highest BCUT2D eigenvalue weighted by Gasteiger charge is 2.29. The molecule has 4 rings (SSSR count). The lowest BCUT2D eigenvalue weighted by atomic mass is 10.1. The van der Waals surface area contributed by atoms with Crippen LogP contribution < -0.4 is 5.73 Å². The Balaban J connectivity index is 1.16. The van der Waals surface area contributed by atoms with Crippen molar-refractivity contribution in [1.29, 1.82) is 0 Å². The van der Waals surface area contributed by atoms with Crippen molar-refractivity contribution >= 4 is 0 Å². The second-order valence-electron chi connectivity index (χ2n) is 6.99. The van der Waals surface area contributed by atoms with Gasteiger partial charge in [0.25, 0.3) is 0 Å². The lowest BCUT2D eigenvalue weighted by molar-refractivity contribution is 0.0672. The Kier molecular flexibility index (Phi) is 5.56. The van der Waals surface area contributed by atoms with E-state index in [0.29, 0.717) is 13.2 Å². The second kappa shape index (κ2) is 8.42. The normalized spacial score (nSPS) is 20.2. The zero-order valence-electron chi connectivity index (χ0n) is 15.3. The standard InChI is InChI=1S/C24H23NO2/c25-24-22-12-6-5-11-20(22)17-23(24)27-14-8-2-1-7-13-26-21-15-18-9-3-4-10-19(18)16-21/h3-6,9-12,21,23-24H,13-17,25H2/t23-,24+/m1/s1. The quantitative estimate of drug-likeness (QED) is 0.856. The van der Waals surface area contributed by atoms with E-state index in [4.69, 9.17) is 15.2 Å². The molecule has 0 aromatic heterocycles. The van der Waals surface area contributed by atoms with Crippen LogP contribution in [0.25, 0.3) is 0 Å². The molecule has 2 N–H and O–H groups in total. The minimum absolute atomic E-state index is 0.00279. The van der Waals surface area contributed by atoms with Gasteiger partial charge in [0.2, 0.25) is 0 Å². The summed E-state index contributed by atoms with van der Waals surface area (Å²) in [5.41, 5.74) is 11.5. The van der Waals surface area contributed by atoms with Crippen LogP contribution in [0.3, 0.4) is 0 Å². The Morgan fingerprint density at radius 1 is 0.778 bits per heavy atom. The van der Waals surface area contributed by atoms with Crippen molar-refractivity contribution in [3.05, 3.63) is 70.8 Å². The Bertz CT molecular complexity index is 903. The average Bonchev–Trinajstić information content (AvgIpc) is 3.25. The molecule has 2 aliphatic carbocycles. The number of benzene rings is 2. The molecule has 2 aromatic rings. The summed E-state index contributed by atoms with van der Waals surface area (Å²) >= 11 is 0. The second-order valence-corrected chi connectivity index (χ2v) is 6.99. The molecule has 3 nitrogen and oxygen atoms in total. The van der Waals surface area contributed by atoms with Gasteiger partial charge in [0.1, 0.15) is 13.2 Å². The van der Waals surface area contributed by atoms with Crippen LogP contribution in [0, 0.1) is 23.7 Å². The summed E-state index contributed by atoms with van der Waals surface area (Å²) in [6, 6.07) is 16.7. The van der Waals surface area contributed by atoms with E-state index < -0.39 is 0 Å². The summed E-state index contributed by atoms with van der Waals surface area (Å²) in [5, 5.41) is 0. The highest BCUT2D eigenvalue weighted by Crippen LogP contribution is 2.31. The van der Waals surface area contributed by atoms with Crippen LogP contribution in [0.15, 0.2) is 48.5 Å². The van der Waals surface area contributed by atoms with Crippen molar-refractivity contribution in [3.63, 3.8) is 0 Å². The molecule has 0 bridgehead atoms. The first kappa shape index (κ1) is 17.8. The van der Waals surface area contributed by atoms with Crippen LogP contribution >= 0.6 is 0 Å². The van der Waals surface area contributed by atoms with Crippen molar-refractivity contribution in [1.82, 2.24) is 0 Å². The Hall–Kier alpha value is -2.56. The fourth-order valence-electron chi connectivity index (χ4n) is 3.86. The van der Waals surface area contributed by atoms with E-state index in [1.807, 2.05) is 12.1 Å². The maximum absolute atomic E-state index is 6.24. The van der Waals surface area contributed by atoms with Crippen molar-refractivity contribution in [3.8, 4) is 23.7 Å². The van der Waals surface area contributed by atoms with Crippen molar-refractivity contribution in [2.75, 3.05) is 13.2 Å². The van der Waals surface area contributed by atoms with Gasteiger partial charge >= 0.3 is 0 Å². The van der Waals surface area contributed by atoms with Gasteiger partial charge in [-0.2, -0.15) is 0 Å². The van der Waals surface area contributed by atoms with E-state index in [-0.39, 0.29) is 18.2 Å². The molecule has 2 aromatic carbocycles. The molecule has 0 radical (unpaired) electrons. The van der Waals surface area contributed by atoms with Crippen LogP contribution in [0.2, 0.25) is 0 Å². The van der Waals surface area contributed by atoms with Crippen molar-refractivity contribution < 1.29 is 9.47 Å². The lowest BCUT2D eigenvalue weighted by Crippen LogP contribution is -2.25. The third-order valence-corrected chi connectivity index (χ3v) is 5.25. The van der Waals surface area contributed by atoms with Crippen molar-refractivity contribution in [2.24, 2.45) is 5.73 Å². The van der Waals surface area contributed by atoms with Crippen LogP contribution in [0.5, 0.6) is 0 Å². The number of rotatable bonds is 4. The maximum Gasteiger partial charge on any atom is 0.109 e. The Morgan fingerprint density at radius 2 is 1.37 bits per heavy atom. The highest BCUT2D eigenvalue weighted by atomic mass is 16.5. The zero-order chi connectivity index (χ0) is 18.5. The van der Waals surface area contributed by atoms with Gasteiger partial charge < -0.3 is 15.2 Å². The fraction of sp³-hybridized carbons (Fsp3) is 0.333. The molecule has 27 heavy (non-hydrogen) atoms. The monoisotopic (exact) mass is 357 g/mol. The van der Waals surface area contributed by atoms with E-state index >= 15 is 0 Å². The first-order chi connectivity index (χ1) is 13.3. The van der Waals surface area contributed by atoms with E-state index in [1.165, 1.54) is 22.3 Å². The molecule has 0 aliphatic heterocycles. The van der Waals surface area contributed by atoms with Crippen LogP contribution in [-0.4, -0.2) is 25.4 Å². The lowest BCUT2D eigenvalue weighted by Gasteiger charge is -2.14. The number of fused-ring (bicyclic) bond motifs is 2. The topological polar surface area (TPSA) is 44.5 Å². The molecule has 3 heteroatoms. The van der Waals surface area contributed by atoms with Crippen LogP contribution in [0.4, 0.5) is 0 Å². The van der Waals surface area contributed by atoms with Gasteiger partial charge in [-0.05, 0) is 46.9 Å². The van der Waals surface area contributed by atoms with Crippen LogP contribution in [-0.2, 0) is 28.7 Å². The van der Waals surface area contributed by atoms with E-state index in [2.05, 4.69) is 60.1 Å². The summed E-state index contributed by atoms with van der Waals surface area (Å²) in [6.07, 6.45) is 3.03. The summed E-state index contributed by atoms with van der Waals surface area (Å²) in [5.74, 6) is 11.6. The average molecular weight is 357 g/mol. The molecule has 0 spiro atoms. The molecular formula is C24H23NO2. The third kappa shape index (κ3) is 4.24. The Morgan fingerprint density at radius 3 is 2.04 bits per heavy atom. The SMILES string of the molecule is N[C@H]1c2ccccc2C[C@H]1OCC#CC#CCOC1Cc2ccccc2C1. The zero-order valence-corrected chi connectivity index (χ0v) is 15.3. The van der Waals surface area contributed by atoms with Gasteiger partial charge in [0.15, 0.2) is 0 Å². The molecule has 0 amide bonds.